The van der Waals surface area contributed by atoms with Gasteiger partial charge < -0.3 is 0 Å². The minimum atomic E-state index is 0.859. The Morgan fingerprint density at radius 3 is 2.68 bits per heavy atom. The molecule has 3 heterocycles. The summed E-state index contributed by atoms with van der Waals surface area (Å²) in [6, 6.07) is 10.5. The second kappa shape index (κ2) is 5.09. The molecule has 0 fully saturated rings. The third kappa shape index (κ3) is 2.13. The van der Waals surface area contributed by atoms with Crippen LogP contribution in [0.4, 0.5) is 5.82 Å². The number of hydrogen-bond donors (Lipinski definition) is 0. The summed E-state index contributed by atoms with van der Waals surface area (Å²) in [5, 5.41) is 4.75. The topological polar surface area (TPSA) is 45.8 Å². The maximum Gasteiger partial charge on any atom is 0.229 e. The summed E-state index contributed by atoms with van der Waals surface area (Å²) in [6.07, 6.45) is 2.26. The van der Waals surface area contributed by atoms with Gasteiger partial charge in [0.2, 0.25) is 5.96 Å². The summed E-state index contributed by atoms with van der Waals surface area (Å²) in [7, 11) is 0. The number of rotatable bonds is 1. The Hall–Kier alpha value is -2.43. The van der Waals surface area contributed by atoms with E-state index in [4.69, 9.17) is 15.1 Å². The highest BCUT2D eigenvalue weighted by Crippen LogP contribution is 2.28. The Morgan fingerprint density at radius 2 is 1.86 bits per heavy atom. The molecule has 0 saturated heterocycles. The van der Waals surface area contributed by atoms with Gasteiger partial charge in [-0.25, -0.2) is 4.99 Å². The first kappa shape index (κ1) is 13.2. The zero-order chi connectivity index (χ0) is 15.1. The molecule has 1 aromatic heterocycles. The summed E-state index contributed by atoms with van der Waals surface area (Å²) < 4.78 is 1.88. The molecule has 0 spiro atoms. The maximum absolute atomic E-state index is 4.75. The maximum atomic E-state index is 4.75. The lowest BCUT2D eigenvalue weighted by Crippen LogP contribution is -2.42. The molecule has 0 unspecified atom stereocenters. The Kier molecular flexibility index (Phi) is 3.06. The van der Waals surface area contributed by atoms with Crippen molar-refractivity contribution in [2.45, 2.75) is 26.7 Å². The molecular formula is C17H19N5. The Labute approximate surface area is 130 Å². The molecule has 0 amide bonds. The third-order valence-corrected chi connectivity index (χ3v) is 4.18. The number of hydrogen-bond acceptors (Lipinski definition) is 4. The van der Waals surface area contributed by atoms with Crippen molar-refractivity contribution in [2.75, 3.05) is 13.1 Å². The molecule has 0 atom stereocenters. The van der Waals surface area contributed by atoms with Gasteiger partial charge in [-0.2, -0.15) is 9.78 Å². The summed E-state index contributed by atoms with van der Waals surface area (Å²) in [5.41, 5.74) is 3.31. The monoisotopic (exact) mass is 293 g/mol. The third-order valence-electron chi connectivity index (χ3n) is 4.18. The van der Waals surface area contributed by atoms with Crippen LogP contribution in [0.1, 0.15) is 25.3 Å². The SMILES string of the molecule is CC1=Nc2cc(-c3ccc(C)cc3)nn2C2=NCCCCN12. The molecule has 4 rings (SSSR count). The second-order valence-corrected chi connectivity index (χ2v) is 5.87. The van der Waals surface area contributed by atoms with Gasteiger partial charge >= 0.3 is 0 Å². The van der Waals surface area contributed by atoms with Gasteiger partial charge in [-0.3, -0.25) is 9.89 Å². The van der Waals surface area contributed by atoms with E-state index in [0.29, 0.717) is 0 Å². The molecule has 112 valence electrons. The van der Waals surface area contributed by atoms with E-state index in [9.17, 15) is 0 Å². The van der Waals surface area contributed by atoms with E-state index in [1.165, 1.54) is 5.56 Å². The van der Waals surface area contributed by atoms with Crippen LogP contribution in [0.25, 0.3) is 11.3 Å². The zero-order valence-corrected chi connectivity index (χ0v) is 13.0. The van der Waals surface area contributed by atoms with Crippen molar-refractivity contribution in [2.24, 2.45) is 9.98 Å². The van der Waals surface area contributed by atoms with Gasteiger partial charge in [0, 0.05) is 24.7 Å². The number of benzene rings is 1. The van der Waals surface area contributed by atoms with Crippen molar-refractivity contribution in [1.29, 1.82) is 0 Å². The van der Waals surface area contributed by atoms with E-state index in [1.54, 1.807) is 0 Å². The van der Waals surface area contributed by atoms with Crippen molar-refractivity contribution in [3.8, 4) is 11.3 Å². The lowest BCUT2D eigenvalue weighted by Gasteiger charge is -2.27. The average molecular weight is 293 g/mol. The van der Waals surface area contributed by atoms with Crippen molar-refractivity contribution in [3.05, 3.63) is 35.9 Å². The first-order chi connectivity index (χ1) is 10.7. The predicted octanol–water partition coefficient (Wildman–Crippen LogP) is 3.22. The molecule has 2 aliphatic rings. The molecule has 0 aliphatic carbocycles. The lowest BCUT2D eigenvalue weighted by molar-refractivity contribution is 0.550. The minimum Gasteiger partial charge on any atom is -0.299 e. The molecule has 0 radical (unpaired) electrons. The Morgan fingerprint density at radius 1 is 1.05 bits per heavy atom. The van der Waals surface area contributed by atoms with Crippen LogP contribution in [0.15, 0.2) is 40.3 Å². The van der Waals surface area contributed by atoms with E-state index < -0.39 is 0 Å². The summed E-state index contributed by atoms with van der Waals surface area (Å²) >= 11 is 0. The normalized spacial score (nSPS) is 17.3. The van der Waals surface area contributed by atoms with Crippen LogP contribution in [0, 0.1) is 6.92 Å². The molecule has 0 saturated carbocycles. The fourth-order valence-electron chi connectivity index (χ4n) is 2.92. The molecule has 0 bridgehead atoms. The summed E-state index contributed by atoms with van der Waals surface area (Å²) in [5.74, 6) is 2.78. The van der Waals surface area contributed by atoms with Gasteiger partial charge in [-0.15, -0.1) is 0 Å². The van der Waals surface area contributed by atoms with Crippen LogP contribution >= 0.6 is 0 Å². The van der Waals surface area contributed by atoms with E-state index in [2.05, 4.69) is 36.1 Å². The summed E-state index contributed by atoms with van der Waals surface area (Å²) in [6.45, 7) is 5.96. The van der Waals surface area contributed by atoms with Crippen molar-refractivity contribution in [3.63, 3.8) is 0 Å². The van der Waals surface area contributed by atoms with Gasteiger partial charge in [-0.1, -0.05) is 29.8 Å². The smallest absolute Gasteiger partial charge is 0.229 e. The largest absolute Gasteiger partial charge is 0.299 e. The zero-order valence-electron chi connectivity index (χ0n) is 13.0. The van der Waals surface area contributed by atoms with Crippen molar-refractivity contribution >= 4 is 17.6 Å². The van der Waals surface area contributed by atoms with Crippen LogP contribution in [0.3, 0.4) is 0 Å². The van der Waals surface area contributed by atoms with Crippen LogP contribution in [-0.2, 0) is 0 Å². The van der Waals surface area contributed by atoms with Gasteiger partial charge in [-0.05, 0) is 26.7 Å². The number of aliphatic imine (C=N–C) groups is 2. The number of aromatic nitrogens is 2. The van der Waals surface area contributed by atoms with Crippen LogP contribution in [-0.4, -0.2) is 39.6 Å². The molecule has 0 N–H and O–H groups in total. The highest BCUT2D eigenvalue weighted by molar-refractivity contribution is 6.04. The standard InChI is InChI=1S/C17H19N5/c1-12-5-7-14(8-6-12)15-11-16-19-13(2)21-10-4-3-9-18-17(21)22(16)20-15/h5-8,11H,3-4,9-10H2,1-2H3. The van der Waals surface area contributed by atoms with Crippen LogP contribution in [0.2, 0.25) is 0 Å². The average Bonchev–Trinajstić information content (AvgIpc) is 2.78. The van der Waals surface area contributed by atoms with E-state index >= 15 is 0 Å². The molecule has 2 aliphatic heterocycles. The first-order valence-corrected chi connectivity index (χ1v) is 7.77. The predicted molar refractivity (Wildman–Crippen MR) is 88.8 cm³/mol. The minimum absolute atomic E-state index is 0.859. The first-order valence-electron chi connectivity index (χ1n) is 7.77. The molecule has 2 aromatic rings. The number of aryl methyl sites for hydroxylation is 1. The van der Waals surface area contributed by atoms with Crippen LogP contribution < -0.4 is 0 Å². The Bertz CT molecular complexity index is 767. The van der Waals surface area contributed by atoms with Gasteiger partial charge in [0.1, 0.15) is 5.84 Å². The fraction of sp³-hybridized carbons (Fsp3) is 0.353. The molecule has 5 nitrogen and oxygen atoms in total. The molecule has 5 heteroatoms. The summed E-state index contributed by atoms with van der Waals surface area (Å²) in [4.78, 5) is 11.6. The number of fused-ring (bicyclic) bond motifs is 3. The van der Waals surface area contributed by atoms with Crippen LogP contribution in [0.5, 0.6) is 0 Å². The number of amidine groups is 1. The highest BCUT2D eigenvalue weighted by Gasteiger charge is 2.26. The molecular weight excluding hydrogens is 274 g/mol. The Balaban J connectivity index is 1.81. The van der Waals surface area contributed by atoms with E-state index in [1.807, 2.05) is 17.7 Å². The van der Waals surface area contributed by atoms with Gasteiger partial charge in [0.15, 0.2) is 5.82 Å². The second-order valence-electron chi connectivity index (χ2n) is 5.87. The van der Waals surface area contributed by atoms with E-state index in [0.717, 1.165) is 54.8 Å². The van der Waals surface area contributed by atoms with E-state index in [-0.39, 0.29) is 0 Å². The lowest BCUT2D eigenvalue weighted by atomic mass is 10.1. The number of nitrogens with zero attached hydrogens (tertiary/aromatic N) is 5. The highest BCUT2D eigenvalue weighted by atomic mass is 15.5. The van der Waals surface area contributed by atoms with Gasteiger partial charge in [0.25, 0.3) is 0 Å². The fourth-order valence-corrected chi connectivity index (χ4v) is 2.92. The van der Waals surface area contributed by atoms with Crippen molar-refractivity contribution in [1.82, 2.24) is 14.7 Å². The van der Waals surface area contributed by atoms with Gasteiger partial charge in [0.05, 0.1) is 5.69 Å². The molecule has 22 heavy (non-hydrogen) atoms. The van der Waals surface area contributed by atoms with Crippen molar-refractivity contribution < 1.29 is 0 Å². The molecule has 1 aromatic carbocycles. The quantitative estimate of drug-likeness (QED) is 0.810.